The third kappa shape index (κ3) is 3.34. The summed E-state index contributed by atoms with van der Waals surface area (Å²) in [7, 11) is 0. The van der Waals surface area contributed by atoms with E-state index in [4.69, 9.17) is 20.9 Å². The Morgan fingerprint density at radius 2 is 2.12 bits per heavy atom. The Kier molecular flexibility index (Phi) is 4.41. The average Bonchev–Trinajstić information content (AvgIpc) is 2.55. The molecule has 1 amide bonds. The molecule has 7 nitrogen and oxygen atoms in total. The molecule has 2 aromatic rings. The predicted molar refractivity (Wildman–Crippen MR) is 92.1 cm³/mol. The fraction of sp³-hybridized carbons (Fsp3) is 0.294. The first-order valence-electron chi connectivity index (χ1n) is 7.77. The molecular formula is C17H20N4O3. The van der Waals surface area contributed by atoms with Crippen LogP contribution in [0.1, 0.15) is 13.3 Å². The molecule has 1 unspecified atom stereocenters. The molecule has 0 aliphatic carbocycles. The summed E-state index contributed by atoms with van der Waals surface area (Å²) in [5.41, 5.74) is 12.1. The first kappa shape index (κ1) is 15.9. The van der Waals surface area contributed by atoms with Crippen LogP contribution in [0.5, 0.6) is 11.5 Å². The monoisotopic (exact) mass is 328 g/mol. The summed E-state index contributed by atoms with van der Waals surface area (Å²) in [5.74, 6) is 1.94. The number of nitrogens with zero attached hydrogens (tertiary/aromatic N) is 2. The van der Waals surface area contributed by atoms with Gasteiger partial charge in [0.15, 0.2) is 17.7 Å². The van der Waals surface area contributed by atoms with Gasteiger partial charge in [0.2, 0.25) is 0 Å². The van der Waals surface area contributed by atoms with E-state index < -0.39 is 6.10 Å². The second-order valence-corrected chi connectivity index (χ2v) is 5.58. The van der Waals surface area contributed by atoms with E-state index in [1.54, 1.807) is 36.1 Å². The minimum absolute atomic E-state index is 0.135. The molecule has 0 radical (unpaired) electrons. The van der Waals surface area contributed by atoms with Crippen LogP contribution in [-0.2, 0) is 4.79 Å². The van der Waals surface area contributed by atoms with Crippen LogP contribution in [0.2, 0.25) is 0 Å². The van der Waals surface area contributed by atoms with Gasteiger partial charge < -0.3 is 20.9 Å². The summed E-state index contributed by atoms with van der Waals surface area (Å²) in [5, 5.41) is 0. The van der Waals surface area contributed by atoms with E-state index >= 15 is 0 Å². The Morgan fingerprint density at radius 3 is 2.92 bits per heavy atom. The van der Waals surface area contributed by atoms with Crippen molar-refractivity contribution in [3.05, 3.63) is 36.4 Å². The number of benzene rings is 1. The van der Waals surface area contributed by atoms with E-state index in [2.05, 4.69) is 4.98 Å². The third-order valence-corrected chi connectivity index (χ3v) is 3.69. The third-order valence-electron chi connectivity index (χ3n) is 3.69. The molecule has 24 heavy (non-hydrogen) atoms. The molecule has 0 bridgehead atoms. The van der Waals surface area contributed by atoms with Crippen LogP contribution in [-0.4, -0.2) is 30.1 Å². The minimum atomic E-state index is -0.544. The van der Waals surface area contributed by atoms with Crippen LogP contribution in [0.15, 0.2) is 36.4 Å². The molecule has 3 rings (SSSR count). The largest absolute Gasteiger partial charge is 0.493 e. The quantitative estimate of drug-likeness (QED) is 0.641. The molecule has 1 aliphatic heterocycles. The maximum atomic E-state index is 12.4. The van der Waals surface area contributed by atoms with Crippen LogP contribution in [0.25, 0.3) is 0 Å². The number of hydrogen-bond donors (Lipinski definition) is 2. The number of nitrogen functional groups attached to an aromatic ring is 2. The van der Waals surface area contributed by atoms with Crippen LogP contribution >= 0.6 is 0 Å². The summed E-state index contributed by atoms with van der Waals surface area (Å²) < 4.78 is 11.2. The molecule has 0 spiro atoms. The fourth-order valence-electron chi connectivity index (χ4n) is 2.53. The highest BCUT2D eigenvalue weighted by molar-refractivity contribution is 5.98. The van der Waals surface area contributed by atoms with Gasteiger partial charge in [-0.05, 0) is 37.6 Å². The van der Waals surface area contributed by atoms with Crippen molar-refractivity contribution in [3.63, 3.8) is 0 Å². The summed E-state index contributed by atoms with van der Waals surface area (Å²) in [6.45, 7) is 2.65. The molecule has 0 fully saturated rings. The standard InChI is InChI=1S/C17H20N4O3/c1-11-17(22)21(16-14(24-11)6-7-15(19)20-16)8-3-9-23-13-5-2-4-12(18)10-13/h2,4-7,10-11H,3,8-9,18H2,1H3,(H2,19,20). The van der Waals surface area contributed by atoms with Crippen molar-refractivity contribution in [2.24, 2.45) is 0 Å². The lowest BCUT2D eigenvalue weighted by molar-refractivity contribution is -0.125. The first-order chi connectivity index (χ1) is 11.5. The number of hydrogen-bond acceptors (Lipinski definition) is 6. The van der Waals surface area contributed by atoms with Crippen molar-refractivity contribution in [2.45, 2.75) is 19.4 Å². The Bertz CT molecular complexity index is 750. The number of rotatable bonds is 5. The van der Waals surface area contributed by atoms with E-state index in [1.807, 2.05) is 12.1 Å². The number of pyridine rings is 1. The Labute approximate surface area is 140 Å². The molecule has 7 heteroatoms. The van der Waals surface area contributed by atoms with Crippen molar-refractivity contribution < 1.29 is 14.3 Å². The molecule has 0 saturated heterocycles. The van der Waals surface area contributed by atoms with E-state index in [-0.39, 0.29) is 5.91 Å². The Morgan fingerprint density at radius 1 is 1.29 bits per heavy atom. The lowest BCUT2D eigenvalue weighted by atomic mass is 10.2. The van der Waals surface area contributed by atoms with E-state index in [0.717, 1.165) is 0 Å². The summed E-state index contributed by atoms with van der Waals surface area (Å²) in [4.78, 5) is 18.2. The number of carbonyl (C=O) groups excluding carboxylic acids is 1. The van der Waals surface area contributed by atoms with Gasteiger partial charge in [0.25, 0.3) is 5.91 Å². The molecule has 1 aliphatic rings. The number of carbonyl (C=O) groups is 1. The van der Waals surface area contributed by atoms with Crippen molar-refractivity contribution in [3.8, 4) is 11.5 Å². The number of amides is 1. The molecular weight excluding hydrogens is 308 g/mol. The maximum Gasteiger partial charge on any atom is 0.269 e. The normalized spacial score (nSPS) is 16.5. The van der Waals surface area contributed by atoms with Crippen molar-refractivity contribution >= 4 is 23.2 Å². The number of nitrogens with two attached hydrogens (primary N) is 2. The maximum absolute atomic E-state index is 12.4. The van der Waals surface area contributed by atoms with Crippen molar-refractivity contribution in [1.82, 2.24) is 4.98 Å². The number of ether oxygens (including phenoxy) is 2. The van der Waals surface area contributed by atoms with Crippen molar-refractivity contribution in [1.29, 1.82) is 0 Å². The summed E-state index contributed by atoms with van der Waals surface area (Å²) in [6, 6.07) is 10.6. The zero-order valence-corrected chi connectivity index (χ0v) is 13.4. The van der Waals surface area contributed by atoms with E-state index in [0.29, 0.717) is 48.4 Å². The van der Waals surface area contributed by atoms with Crippen LogP contribution in [0, 0.1) is 0 Å². The smallest absolute Gasteiger partial charge is 0.269 e. The van der Waals surface area contributed by atoms with Gasteiger partial charge in [-0.3, -0.25) is 9.69 Å². The minimum Gasteiger partial charge on any atom is -0.493 e. The van der Waals surface area contributed by atoms with Gasteiger partial charge in [0.1, 0.15) is 11.6 Å². The van der Waals surface area contributed by atoms with Gasteiger partial charge in [-0.2, -0.15) is 0 Å². The van der Waals surface area contributed by atoms with Gasteiger partial charge in [0, 0.05) is 18.3 Å². The van der Waals surface area contributed by atoms with Gasteiger partial charge in [0.05, 0.1) is 6.61 Å². The molecule has 126 valence electrons. The van der Waals surface area contributed by atoms with Crippen LogP contribution in [0.3, 0.4) is 0 Å². The SMILES string of the molecule is CC1Oc2ccc(N)nc2N(CCCOc2cccc(N)c2)C1=O. The van der Waals surface area contributed by atoms with E-state index in [1.165, 1.54) is 0 Å². The first-order valence-corrected chi connectivity index (χ1v) is 7.77. The molecule has 2 heterocycles. The van der Waals surface area contributed by atoms with Gasteiger partial charge in [-0.25, -0.2) is 4.98 Å². The highest BCUT2D eigenvalue weighted by Crippen LogP contribution is 2.32. The Hall–Kier alpha value is -2.96. The molecule has 4 N–H and O–H groups in total. The zero-order chi connectivity index (χ0) is 17.1. The van der Waals surface area contributed by atoms with Gasteiger partial charge in [-0.15, -0.1) is 0 Å². The average molecular weight is 328 g/mol. The second-order valence-electron chi connectivity index (χ2n) is 5.58. The topological polar surface area (TPSA) is 104 Å². The van der Waals surface area contributed by atoms with Crippen LogP contribution in [0.4, 0.5) is 17.3 Å². The number of fused-ring (bicyclic) bond motifs is 1. The highest BCUT2D eigenvalue weighted by atomic mass is 16.5. The Balaban J connectivity index is 1.64. The highest BCUT2D eigenvalue weighted by Gasteiger charge is 2.32. The van der Waals surface area contributed by atoms with Gasteiger partial charge in [-0.1, -0.05) is 6.07 Å². The number of anilines is 3. The number of aromatic nitrogens is 1. The lowest BCUT2D eigenvalue weighted by Gasteiger charge is -2.32. The summed E-state index contributed by atoms with van der Waals surface area (Å²) >= 11 is 0. The second kappa shape index (κ2) is 6.66. The van der Waals surface area contributed by atoms with Crippen LogP contribution < -0.4 is 25.8 Å². The fourth-order valence-corrected chi connectivity index (χ4v) is 2.53. The van der Waals surface area contributed by atoms with E-state index in [9.17, 15) is 4.79 Å². The summed E-state index contributed by atoms with van der Waals surface area (Å²) in [6.07, 6.45) is 0.0983. The molecule has 1 aromatic carbocycles. The molecule has 1 aromatic heterocycles. The van der Waals surface area contributed by atoms with Gasteiger partial charge >= 0.3 is 0 Å². The molecule has 0 saturated carbocycles. The van der Waals surface area contributed by atoms with Crippen molar-refractivity contribution in [2.75, 3.05) is 29.5 Å². The lowest BCUT2D eigenvalue weighted by Crippen LogP contribution is -2.45. The zero-order valence-electron chi connectivity index (χ0n) is 13.4. The molecule has 1 atom stereocenters. The predicted octanol–water partition coefficient (Wildman–Crippen LogP) is 1.83.